The highest BCUT2D eigenvalue weighted by Gasteiger charge is 2.41. The summed E-state index contributed by atoms with van der Waals surface area (Å²) in [6, 6.07) is 9.74. The fourth-order valence-corrected chi connectivity index (χ4v) is 2.30. The molecule has 20 heavy (non-hydrogen) atoms. The van der Waals surface area contributed by atoms with E-state index in [0.717, 1.165) is 5.56 Å². The van der Waals surface area contributed by atoms with Crippen molar-refractivity contribution in [3.8, 4) is 0 Å². The van der Waals surface area contributed by atoms with Crippen molar-refractivity contribution in [2.45, 2.75) is 31.3 Å². The van der Waals surface area contributed by atoms with Crippen LogP contribution in [0.3, 0.4) is 0 Å². The minimum absolute atomic E-state index is 0.0588. The van der Waals surface area contributed by atoms with E-state index in [1.54, 1.807) is 6.92 Å². The van der Waals surface area contributed by atoms with Crippen LogP contribution >= 0.6 is 0 Å². The van der Waals surface area contributed by atoms with Crippen LogP contribution in [0.4, 0.5) is 0 Å². The molecule has 0 radical (unpaired) electrons. The number of nitrogens with one attached hydrogen (secondary N) is 1. The molecule has 0 unspecified atom stereocenters. The molecular weight excluding hydrogens is 258 g/mol. The van der Waals surface area contributed by atoms with Crippen molar-refractivity contribution in [2.75, 3.05) is 13.7 Å². The van der Waals surface area contributed by atoms with Gasteiger partial charge in [0.15, 0.2) is 0 Å². The highest BCUT2D eigenvalue weighted by atomic mass is 16.5. The average molecular weight is 277 g/mol. The van der Waals surface area contributed by atoms with Crippen LogP contribution in [0.15, 0.2) is 30.3 Å². The molecule has 1 aliphatic heterocycles. The Morgan fingerprint density at radius 1 is 1.45 bits per heavy atom. The monoisotopic (exact) mass is 277 g/mol. The van der Waals surface area contributed by atoms with Gasteiger partial charge in [-0.1, -0.05) is 30.3 Å². The molecule has 0 bridgehead atoms. The van der Waals surface area contributed by atoms with Crippen LogP contribution in [0.2, 0.25) is 0 Å². The molecule has 5 nitrogen and oxygen atoms in total. The highest BCUT2D eigenvalue weighted by Crippen LogP contribution is 2.26. The van der Waals surface area contributed by atoms with E-state index in [4.69, 9.17) is 4.74 Å². The molecule has 1 aliphatic rings. The lowest BCUT2D eigenvalue weighted by Gasteiger charge is -2.38. The molecule has 1 N–H and O–H groups in total. The molecule has 1 fully saturated rings. The van der Waals surface area contributed by atoms with Crippen LogP contribution in [-0.4, -0.2) is 31.2 Å². The molecule has 0 saturated carbocycles. The molecule has 5 heteroatoms. The van der Waals surface area contributed by atoms with Crippen LogP contribution in [-0.2, 0) is 19.1 Å². The quantitative estimate of drug-likeness (QED) is 0.847. The van der Waals surface area contributed by atoms with Gasteiger partial charge in [-0.2, -0.15) is 0 Å². The second-order valence-electron chi connectivity index (χ2n) is 5.11. The second-order valence-corrected chi connectivity index (χ2v) is 5.11. The van der Waals surface area contributed by atoms with Crippen molar-refractivity contribution < 1.29 is 19.1 Å². The molecule has 2 rings (SSSR count). The highest BCUT2D eigenvalue weighted by molar-refractivity contribution is 5.82. The predicted molar refractivity (Wildman–Crippen MR) is 72.9 cm³/mol. The van der Waals surface area contributed by atoms with Crippen LogP contribution in [0, 0.1) is 0 Å². The molecule has 1 aromatic rings. The van der Waals surface area contributed by atoms with Gasteiger partial charge in [0.2, 0.25) is 0 Å². The minimum atomic E-state index is -0.868. The maximum atomic E-state index is 12.0. The van der Waals surface area contributed by atoms with E-state index < -0.39 is 5.54 Å². The fraction of sp³-hybridized carbons (Fsp3) is 0.467. The molecule has 1 heterocycles. The largest absolute Gasteiger partial charge is 0.469 e. The smallest absolute Gasteiger partial charge is 0.326 e. The van der Waals surface area contributed by atoms with Crippen molar-refractivity contribution in [2.24, 2.45) is 0 Å². The number of carbonyl (C=O) groups excluding carboxylic acids is 2. The van der Waals surface area contributed by atoms with E-state index in [2.05, 4.69) is 10.1 Å². The van der Waals surface area contributed by atoms with Crippen molar-refractivity contribution in [3.63, 3.8) is 0 Å². The summed E-state index contributed by atoms with van der Waals surface area (Å²) in [6.45, 7) is 2.06. The van der Waals surface area contributed by atoms with E-state index in [0.29, 0.717) is 13.0 Å². The van der Waals surface area contributed by atoms with Gasteiger partial charge < -0.3 is 9.47 Å². The normalized spacial score (nSPS) is 25.9. The van der Waals surface area contributed by atoms with Crippen molar-refractivity contribution in [1.29, 1.82) is 0 Å². The summed E-state index contributed by atoms with van der Waals surface area (Å²) in [7, 11) is 1.34. The van der Waals surface area contributed by atoms with E-state index in [-0.39, 0.29) is 24.4 Å². The number of cyclic esters (lactones) is 1. The van der Waals surface area contributed by atoms with Crippen LogP contribution < -0.4 is 5.32 Å². The fourth-order valence-electron chi connectivity index (χ4n) is 2.30. The Morgan fingerprint density at radius 2 is 2.15 bits per heavy atom. The van der Waals surface area contributed by atoms with Crippen LogP contribution in [0.5, 0.6) is 0 Å². The average Bonchev–Trinajstić information content (AvgIpc) is 2.49. The molecular formula is C15H19NO4. The second kappa shape index (κ2) is 6.05. The number of morpholine rings is 1. The number of hydrogen-bond acceptors (Lipinski definition) is 5. The summed E-state index contributed by atoms with van der Waals surface area (Å²) in [6.07, 6.45) is 0.526. The van der Waals surface area contributed by atoms with Crippen LogP contribution in [0.1, 0.15) is 31.4 Å². The van der Waals surface area contributed by atoms with Gasteiger partial charge in [-0.15, -0.1) is 0 Å². The molecule has 0 aliphatic carbocycles. The van der Waals surface area contributed by atoms with Crippen molar-refractivity contribution in [1.82, 2.24) is 5.32 Å². The Balaban J connectivity index is 2.07. The Labute approximate surface area is 118 Å². The zero-order chi connectivity index (χ0) is 14.6. The third-order valence-electron chi connectivity index (χ3n) is 3.58. The Hall–Kier alpha value is -1.88. The van der Waals surface area contributed by atoms with Crippen molar-refractivity contribution in [3.05, 3.63) is 35.9 Å². The summed E-state index contributed by atoms with van der Waals surface area (Å²) in [5, 5.41) is 3.29. The van der Waals surface area contributed by atoms with Gasteiger partial charge in [0.1, 0.15) is 12.1 Å². The van der Waals surface area contributed by atoms with E-state index >= 15 is 0 Å². The lowest BCUT2D eigenvalue weighted by molar-refractivity contribution is -0.159. The summed E-state index contributed by atoms with van der Waals surface area (Å²) in [5.74, 6) is -0.656. The number of rotatable bonds is 4. The van der Waals surface area contributed by atoms with E-state index in [1.807, 2.05) is 30.3 Å². The van der Waals surface area contributed by atoms with Gasteiger partial charge in [0.05, 0.1) is 13.2 Å². The number of esters is 2. The third kappa shape index (κ3) is 3.17. The third-order valence-corrected chi connectivity index (χ3v) is 3.58. The molecule has 108 valence electrons. The van der Waals surface area contributed by atoms with Gasteiger partial charge in [-0.3, -0.25) is 14.9 Å². The van der Waals surface area contributed by atoms with Gasteiger partial charge in [-0.25, -0.2) is 0 Å². The first-order valence-electron chi connectivity index (χ1n) is 6.62. The molecule has 1 saturated heterocycles. The minimum Gasteiger partial charge on any atom is -0.469 e. The van der Waals surface area contributed by atoms with Gasteiger partial charge >= 0.3 is 11.9 Å². The molecule has 0 spiro atoms. The Morgan fingerprint density at radius 3 is 2.80 bits per heavy atom. The summed E-state index contributed by atoms with van der Waals surface area (Å²) in [4.78, 5) is 23.2. The summed E-state index contributed by atoms with van der Waals surface area (Å²) in [5.41, 5.74) is 0.191. The van der Waals surface area contributed by atoms with Gasteiger partial charge in [-0.05, 0) is 18.9 Å². The first-order chi connectivity index (χ1) is 9.55. The zero-order valence-corrected chi connectivity index (χ0v) is 11.7. The first-order valence-corrected chi connectivity index (χ1v) is 6.62. The first kappa shape index (κ1) is 14.5. The number of carbonyl (C=O) groups is 2. The number of hydrogen-bond donors (Lipinski definition) is 1. The standard InChI is InChI=1S/C15H19NO4/c1-15(9-8-13(17)19-2)14(18)20-10-12(16-15)11-6-4-3-5-7-11/h3-7,12,16H,8-10H2,1-2H3/t12-,15-/m1/s1. The summed E-state index contributed by atoms with van der Waals surface area (Å²) < 4.78 is 9.89. The van der Waals surface area contributed by atoms with E-state index in [1.165, 1.54) is 7.11 Å². The SMILES string of the molecule is COC(=O)CC[C@@]1(C)N[C@@H](c2ccccc2)COC1=O. The molecule has 0 aromatic heterocycles. The lowest BCUT2D eigenvalue weighted by atomic mass is 9.91. The topological polar surface area (TPSA) is 64.6 Å². The molecule has 0 amide bonds. The number of benzene rings is 1. The molecule has 1 aromatic carbocycles. The van der Waals surface area contributed by atoms with Gasteiger partial charge in [0.25, 0.3) is 0 Å². The van der Waals surface area contributed by atoms with Crippen molar-refractivity contribution >= 4 is 11.9 Å². The zero-order valence-electron chi connectivity index (χ0n) is 11.7. The van der Waals surface area contributed by atoms with Gasteiger partial charge in [0, 0.05) is 6.42 Å². The maximum Gasteiger partial charge on any atom is 0.326 e. The Bertz CT molecular complexity index is 488. The number of ether oxygens (including phenoxy) is 2. The summed E-state index contributed by atoms with van der Waals surface area (Å²) >= 11 is 0. The Kier molecular flexibility index (Phi) is 4.39. The van der Waals surface area contributed by atoms with Crippen LogP contribution in [0.25, 0.3) is 0 Å². The predicted octanol–water partition coefficient (Wildman–Crippen LogP) is 1.59. The lowest BCUT2D eigenvalue weighted by Crippen LogP contribution is -2.57. The molecule has 2 atom stereocenters. The van der Waals surface area contributed by atoms with E-state index in [9.17, 15) is 9.59 Å². The number of methoxy groups -OCH3 is 1. The maximum absolute atomic E-state index is 12.0.